The van der Waals surface area contributed by atoms with E-state index in [1.807, 2.05) is 0 Å². The van der Waals surface area contributed by atoms with Crippen molar-refractivity contribution in [1.82, 2.24) is 4.98 Å². The van der Waals surface area contributed by atoms with Gasteiger partial charge in [0, 0.05) is 21.6 Å². The summed E-state index contributed by atoms with van der Waals surface area (Å²) in [7, 11) is 0. The molecular formula is C11H11NS3. The smallest absolute Gasteiger partial charge is 0.123 e. The number of hydrogen-bond donors (Lipinski definition) is 1. The summed E-state index contributed by atoms with van der Waals surface area (Å²) < 4.78 is 0. The highest BCUT2D eigenvalue weighted by atomic mass is 32.2. The van der Waals surface area contributed by atoms with Crippen LogP contribution in [0.15, 0.2) is 34.5 Å². The molecule has 0 bridgehead atoms. The van der Waals surface area contributed by atoms with E-state index < -0.39 is 0 Å². The summed E-state index contributed by atoms with van der Waals surface area (Å²) in [5, 5.41) is 3.14. The molecule has 78 valence electrons. The SMILES string of the molecule is CSc1ccc(-c2nc(CS)cs2)cc1. The van der Waals surface area contributed by atoms with Gasteiger partial charge >= 0.3 is 0 Å². The number of hydrogen-bond acceptors (Lipinski definition) is 4. The van der Waals surface area contributed by atoms with Gasteiger partial charge in [0.05, 0.1) is 5.69 Å². The van der Waals surface area contributed by atoms with Gasteiger partial charge in [-0.3, -0.25) is 0 Å². The minimum atomic E-state index is 0.708. The number of thioether (sulfide) groups is 1. The number of thiazole rings is 1. The van der Waals surface area contributed by atoms with Gasteiger partial charge in [0.15, 0.2) is 0 Å². The normalized spacial score (nSPS) is 10.5. The van der Waals surface area contributed by atoms with Crippen LogP contribution in [0, 0.1) is 0 Å². The molecule has 1 aromatic heterocycles. The fourth-order valence-electron chi connectivity index (χ4n) is 1.25. The van der Waals surface area contributed by atoms with Gasteiger partial charge in [-0.05, 0) is 18.4 Å². The van der Waals surface area contributed by atoms with Crippen LogP contribution in [0.3, 0.4) is 0 Å². The van der Waals surface area contributed by atoms with Crippen LogP contribution in [0.4, 0.5) is 0 Å². The van der Waals surface area contributed by atoms with Gasteiger partial charge < -0.3 is 0 Å². The van der Waals surface area contributed by atoms with E-state index in [4.69, 9.17) is 0 Å². The fourth-order valence-corrected chi connectivity index (χ4v) is 2.77. The quantitative estimate of drug-likeness (QED) is 0.657. The summed E-state index contributed by atoms with van der Waals surface area (Å²) in [5.41, 5.74) is 2.23. The van der Waals surface area contributed by atoms with Crippen LogP contribution in [-0.2, 0) is 5.75 Å². The predicted molar refractivity (Wildman–Crippen MR) is 72.0 cm³/mol. The van der Waals surface area contributed by atoms with E-state index in [2.05, 4.69) is 53.5 Å². The largest absolute Gasteiger partial charge is 0.240 e. The Labute approximate surface area is 103 Å². The fraction of sp³-hybridized carbons (Fsp3) is 0.182. The van der Waals surface area contributed by atoms with Crippen LogP contribution in [0.5, 0.6) is 0 Å². The van der Waals surface area contributed by atoms with Gasteiger partial charge in [-0.1, -0.05) is 12.1 Å². The van der Waals surface area contributed by atoms with E-state index >= 15 is 0 Å². The maximum Gasteiger partial charge on any atom is 0.123 e. The Morgan fingerprint density at radius 3 is 2.60 bits per heavy atom. The Bertz CT molecular complexity index is 433. The summed E-state index contributed by atoms with van der Waals surface area (Å²) >= 11 is 7.64. The molecular weight excluding hydrogens is 242 g/mol. The molecule has 0 aliphatic carbocycles. The van der Waals surface area contributed by atoms with Crippen molar-refractivity contribution in [2.24, 2.45) is 0 Å². The highest BCUT2D eigenvalue weighted by Crippen LogP contribution is 2.26. The molecule has 0 spiro atoms. The van der Waals surface area contributed by atoms with Crippen molar-refractivity contribution in [2.75, 3.05) is 6.26 Å². The first-order valence-corrected chi connectivity index (χ1v) is 7.27. The Kier molecular flexibility index (Phi) is 3.72. The van der Waals surface area contributed by atoms with E-state index in [0.717, 1.165) is 10.7 Å². The molecule has 15 heavy (non-hydrogen) atoms. The van der Waals surface area contributed by atoms with Crippen LogP contribution in [0.25, 0.3) is 10.6 Å². The molecule has 0 atom stereocenters. The maximum absolute atomic E-state index is 4.49. The van der Waals surface area contributed by atoms with Gasteiger partial charge in [-0.25, -0.2) is 4.98 Å². The summed E-state index contributed by atoms with van der Waals surface area (Å²) in [5.74, 6) is 0.708. The predicted octanol–water partition coefficient (Wildman–Crippen LogP) is 3.96. The lowest BCUT2D eigenvalue weighted by Crippen LogP contribution is -1.79. The highest BCUT2D eigenvalue weighted by molar-refractivity contribution is 7.98. The first-order valence-electron chi connectivity index (χ1n) is 4.53. The molecule has 1 aromatic carbocycles. The molecule has 4 heteroatoms. The van der Waals surface area contributed by atoms with Gasteiger partial charge in [0.1, 0.15) is 5.01 Å². The summed E-state index contributed by atoms with van der Waals surface area (Å²) in [6.07, 6.45) is 2.08. The Morgan fingerprint density at radius 2 is 2.07 bits per heavy atom. The third-order valence-corrected chi connectivity index (χ3v) is 4.06. The third-order valence-electron chi connectivity index (χ3n) is 2.05. The van der Waals surface area contributed by atoms with Crippen LogP contribution < -0.4 is 0 Å². The lowest BCUT2D eigenvalue weighted by Gasteiger charge is -1.98. The first-order chi connectivity index (χ1) is 7.33. The minimum Gasteiger partial charge on any atom is -0.240 e. The highest BCUT2D eigenvalue weighted by Gasteiger charge is 2.03. The molecule has 2 rings (SSSR count). The summed E-state index contributed by atoms with van der Waals surface area (Å²) in [4.78, 5) is 5.77. The third kappa shape index (κ3) is 2.56. The average molecular weight is 253 g/mol. The lowest BCUT2D eigenvalue weighted by atomic mass is 10.2. The Hall–Kier alpha value is -0.450. The van der Waals surface area contributed by atoms with Crippen molar-refractivity contribution in [1.29, 1.82) is 0 Å². The number of aromatic nitrogens is 1. The second kappa shape index (κ2) is 5.05. The molecule has 0 fully saturated rings. The summed E-state index contributed by atoms with van der Waals surface area (Å²) in [6, 6.07) is 8.49. The van der Waals surface area contributed by atoms with Gasteiger partial charge in [-0.15, -0.1) is 23.1 Å². The van der Waals surface area contributed by atoms with Gasteiger partial charge in [0.2, 0.25) is 0 Å². The van der Waals surface area contributed by atoms with Gasteiger partial charge in [0.25, 0.3) is 0 Å². The van der Waals surface area contributed by atoms with Crippen LogP contribution in [-0.4, -0.2) is 11.2 Å². The standard InChI is InChI=1S/C11H11NS3/c1-14-10-4-2-8(3-5-10)11-12-9(6-13)7-15-11/h2-5,7,13H,6H2,1H3. The molecule has 1 heterocycles. The van der Waals surface area contributed by atoms with E-state index in [1.54, 1.807) is 23.1 Å². The van der Waals surface area contributed by atoms with E-state index in [0.29, 0.717) is 5.75 Å². The second-order valence-corrected chi connectivity index (χ2v) is 5.08. The number of thiol groups is 1. The zero-order valence-electron chi connectivity index (χ0n) is 8.30. The molecule has 0 saturated heterocycles. The van der Waals surface area contributed by atoms with Crippen molar-refractivity contribution in [3.8, 4) is 10.6 Å². The lowest BCUT2D eigenvalue weighted by molar-refractivity contribution is 1.24. The van der Waals surface area contributed by atoms with Crippen molar-refractivity contribution >= 4 is 35.7 Å². The number of benzene rings is 1. The van der Waals surface area contributed by atoms with E-state index in [-0.39, 0.29) is 0 Å². The van der Waals surface area contributed by atoms with Gasteiger partial charge in [-0.2, -0.15) is 12.6 Å². The molecule has 0 aliphatic rings. The average Bonchev–Trinajstić information content (AvgIpc) is 2.78. The zero-order chi connectivity index (χ0) is 10.7. The van der Waals surface area contributed by atoms with E-state index in [1.165, 1.54) is 10.5 Å². The Balaban J connectivity index is 2.28. The number of rotatable bonds is 3. The first kappa shape index (κ1) is 11.0. The topological polar surface area (TPSA) is 12.9 Å². The van der Waals surface area contributed by atoms with Crippen molar-refractivity contribution in [2.45, 2.75) is 10.6 Å². The van der Waals surface area contributed by atoms with Crippen molar-refractivity contribution in [3.63, 3.8) is 0 Å². The molecule has 0 amide bonds. The number of nitrogens with zero attached hydrogens (tertiary/aromatic N) is 1. The van der Waals surface area contributed by atoms with Crippen LogP contribution in [0.1, 0.15) is 5.69 Å². The molecule has 1 nitrogen and oxygen atoms in total. The second-order valence-electron chi connectivity index (χ2n) is 3.03. The zero-order valence-corrected chi connectivity index (χ0v) is 10.8. The molecule has 0 unspecified atom stereocenters. The van der Waals surface area contributed by atoms with Crippen LogP contribution in [0.2, 0.25) is 0 Å². The van der Waals surface area contributed by atoms with Crippen molar-refractivity contribution in [3.05, 3.63) is 35.3 Å². The summed E-state index contributed by atoms with van der Waals surface area (Å²) in [6.45, 7) is 0. The Morgan fingerprint density at radius 1 is 1.33 bits per heavy atom. The molecule has 0 N–H and O–H groups in total. The molecule has 0 radical (unpaired) electrons. The minimum absolute atomic E-state index is 0.708. The van der Waals surface area contributed by atoms with Crippen LogP contribution >= 0.6 is 35.7 Å². The monoisotopic (exact) mass is 253 g/mol. The maximum atomic E-state index is 4.49. The van der Waals surface area contributed by atoms with E-state index in [9.17, 15) is 0 Å². The molecule has 0 aliphatic heterocycles. The molecule has 2 aromatic rings. The van der Waals surface area contributed by atoms with Crippen molar-refractivity contribution < 1.29 is 0 Å². The molecule has 0 saturated carbocycles.